The quantitative estimate of drug-likeness (QED) is 0.521. The number of halogens is 1. The van der Waals surface area contributed by atoms with Gasteiger partial charge in [-0.05, 0) is 18.2 Å². The topological polar surface area (TPSA) is 72.0 Å². The molecule has 0 saturated carbocycles. The summed E-state index contributed by atoms with van der Waals surface area (Å²) >= 11 is 0. The fourth-order valence-electron chi connectivity index (χ4n) is 1.96. The van der Waals surface area contributed by atoms with Crippen molar-refractivity contribution in [2.75, 3.05) is 0 Å². The van der Waals surface area contributed by atoms with Crippen LogP contribution in [0.15, 0.2) is 30.5 Å². The van der Waals surface area contributed by atoms with Crippen LogP contribution in [0.2, 0.25) is 0 Å². The maximum absolute atomic E-state index is 13.0. The van der Waals surface area contributed by atoms with Crippen LogP contribution in [0.1, 0.15) is 0 Å². The van der Waals surface area contributed by atoms with Crippen LogP contribution in [0.25, 0.3) is 22.0 Å². The van der Waals surface area contributed by atoms with E-state index in [1.54, 1.807) is 12.3 Å². The average molecular weight is 232 g/mol. The van der Waals surface area contributed by atoms with Gasteiger partial charge in [0.2, 0.25) is 0 Å². The molecule has 0 bridgehead atoms. The van der Waals surface area contributed by atoms with Gasteiger partial charge in [-0.25, -0.2) is 4.39 Å². The molecule has 0 saturated heterocycles. The first-order valence-corrected chi connectivity index (χ1v) is 5.03. The van der Waals surface area contributed by atoms with E-state index in [1.165, 1.54) is 18.2 Å². The third-order valence-corrected chi connectivity index (χ3v) is 2.72. The van der Waals surface area contributed by atoms with Gasteiger partial charge in [0, 0.05) is 34.3 Å². The highest BCUT2D eigenvalue weighted by atomic mass is 19.1. The maximum Gasteiger partial charge on any atom is 0.199 e. The molecule has 2 aromatic heterocycles. The summed E-state index contributed by atoms with van der Waals surface area (Å²) in [6.45, 7) is 0. The molecule has 3 rings (SSSR count). The minimum atomic E-state index is -0.327. The van der Waals surface area contributed by atoms with Gasteiger partial charge in [-0.2, -0.15) is 0 Å². The van der Waals surface area contributed by atoms with Crippen molar-refractivity contribution in [3.8, 4) is 22.9 Å². The minimum Gasteiger partial charge on any atom is -0.494 e. The highest BCUT2D eigenvalue weighted by Crippen LogP contribution is 2.36. The second-order valence-electron chi connectivity index (χ2n) is 3.81. The van der Waals surface area contributed by atoms with E-state index in [2.05, 4.69) is 9.97 Å². The number of rotatable bonds is 1. The molecular formula is C12H9FN2O2. The van der Waals surface area contributed by atoms with Crippen molar-refractivity contribution in [3.63, 3.8) is 0 Å². The predicted molar refractivity (Wildman–Crippen MR) is 61.4 cm³/mol. The van der Waals surface area contributed by atoms with Gasteiger partial charge in [-0.15, -0.1) is 0 Å². The van der Waals surface area contributed by atoms with Gasteiger partial charge in [0.25, 0.3) is 0 Å². The Bertz CT molecular complexity index is 700. The van der Waals surface area contributed by atoms with Gasteiger partial charge < -0.3 is 15.2 Å². The summed E-state index contributed by atoms with van der Waals surface area (Å²) in [5.41, 5.74) is 1.81. The summed E-state index contributed by atoms with van der Waals surface area (Å²) in [7, 11) is 0. The SMILES string of the molecule is Oc1cc(-c2c[nH]c3cc(F)ccc23)c(O)[nH]1. The summed E-state index contributed by atoms with van der Waals surface area (Å²) in [5, 5.41) is 19.7. The third kappa shape index (κ3) is 1.44. The largest absolute Gasteiger partial charge is 0.494 e. The molecular weight excluding hydrogens is 223 g/mol. The van der Waals surface area contributed by atoms with Crippen molar-refractivity contribution in [1.82, 2.24) is 9.97 Å². The molecule has 5 heteroatoms. The van der Waals surface area contributed by atoms with E-state index >= 15 is 0 Å². The number of H-pyrrole nitrogens is 2. The van der Waals surface area contributed by atoms with Crippen LogP contribution in [0, 0.1) is 5.82 Å². The highest BCUT2D eigenvalue weighted by molar-refractivity contribution is 5.96. The van der Waals surface area contributed by atoms with E-state index in [0.29, 0.717) is 16.6 Å². The molecule has 0 spiro atoms. The summed E-state index contributed by atoms with van der Waals surface area (Å²) in [6.07, 6.45) is 1.66. The Hall–Kier alpha value is -2.43. The summed E-state index contributed by atoms with van der Waals surface area (Å²) in [4.78, 5) is 5.31. The number of hydrogen-bond acceptors (Lipinski definition) is 2. The normalized spacial score (nSPS) is 11.1. The molecule has 0 fully saturated rings. The lowest BCUT2D eigenvalue weighted by Gasteiger charge is -1.96. The number of benzene rings is 1. The Kier molecular flexibility index (Phi) is 1.89. The molecule has 86 valence electrons. The zero-order valence-corrected chi connectivity index (χ0v) is 8.66. The number of aromatic amines is 2. The molecule has 0 amide bonds. The second-order valence-corrected chi connectivity index (χ2v) is 3.81. The molecule has 3 aromatic rings. The van der Waals surface area contributed by atoms with Crippen LogP contribution in [0.3, 0.4) is 0 Å². The number of hydrogen-bond donors (Lipinski definition) is 4. The molecule has 0 atom stereocenters. The van der Waals surface area contributed by atoms with Gasteiger partial charge in [-0.1, -0.05) is 0 Å². The first-order valence-electron chi connectivity index (χ1n) is 5.03. The molecule has 0 aliphatic carbocycles. The smallest absolute Gasteiger partial charge is 0.199 e. The van der Waals surface area contributed by atoms with Crippen LogP contribution >= 0.6 is 0 Å². The Morgan fingerprint density at radius 1 is 1.06 bits per heavy atom. The molecule has 0 aliphatic heterocycles. The van der Waals surface area contributed by atoms with Crippen LogP contribution in [-0.2, 0) is 0 Å². The van der Waals surface area contributed by atoms with Gasteiger partial charge in [0.05, 0.1) is 0 Å². The predicted octanol–water partition coefficient (Wildman–Crippen LogP) is 2.71. The van der Waals surface area contributed by atoms with Gasteiger partial charge in [-0.3, -0.25) is 4.98 Å². The first-order chi connectivity index (χ1) is 8.15. The molecule has 0 unspecified atom stereocenters. The van der Waals surface area contributed by atoms with Crippen molar-refractivity contribution in [3.05, 3.63) is 36.3 Å². The van der Waals surface area contributed by atoms with E-state index in [9.17, 15) is 14.6 Å². The van der Waals surface area contributed by atoms with E-state index in [4.69, 9.17) is 0 Å². The van der Waals surface area contributed by atoms with Crippen LogP contribution in [0.4, 0.5) is 4.39 Å². The van der Waals surface area contributed by atoms with E-state index in [1.807, 2.05) is 0 Å². The Morgan fingerprint density at radius 3 is 2.59 bits per heavy atom. The summed E-state index contributed by atoms with van der Waals surface area (Å²) in [5.74, 6) is -0.561. The average Bonchev–Trinajstić information content (AvgIpc) is 2.81. The van der Waals surface area contributed by atoms with E-state index in [-0.39, 0.29) is 17.6 Å². The Balaban J connectivity index is 2.28. The van der Waals surface area contributed by atoms with E-state index < -0.39 is 0 Å². The van der Waals surface area contributed by atoms with Crippen LogP contribution in [0.5, 0.6) is 11.8 Å². The molecule has 1 aromatic carbocycles. The van der Waals surface area contributed by atoms with Crippen molar-refractivity contribution < 1.29 is 14.6 Å². The lowest BCUT2D eigenvalue weighted by Crippen LogP contribution is -1.75. The third-order valence-electron chi connectivity index (χ3n) is 2.72. The number of nitrogens with one attached hydrogen (secondary N) is 2. The number of aromatic hydroxyl groups is 2. The summed E-state index contributed by atoms with van der Waals surface area (Å²) < 4.78 is 13.0. The lowest BCUT2D eigenvalue weighted by molar-refractivity contribution is 0.426. The lowest BCUT2D eigenvalue weighted by atomic mass is 10.1. The molecule has 2 heterocycles. The molecule has 0 aliphatic rings. The van der Waals surface area contributed by atoms with Gasteiger partial charge in [0.15, 0.2) is 11.8 Å². The Morgan fingerprint density at radius 2 is 1.88 bits per heavy atom. The summed E-state index contributed by atoms with van der Waals surface area (Å²) in [6, 6.07) is 5.77. The Labute approximate surface area is 95.3 Å². The standard InChI is InChI=1S/C12H9FN2O2/c13-6-1-2-7-9(5-14-10(7)3-6)8-4-11(16)15-12(8)17/h1-5,14-17H. The van der Waals surface area contributed by atoms with Gasteiger partial charge >= 0.3 is 0 Å². The molecule has 0 radical (unpaired) electrons. The number of fused-ring (bicyclic) bond motifs is 1. The minimum absolute atomic E-state index is 0.117. The fraction of sp³-hybridized carbons (Fsp3) is 0. The van der Waals surface area contributed by atoms with Crippen molar-refractivity contribution in [1.29, 1.82) is 0 Å². The first kappa shape index (κ1) is 9.77. The monoisotopic (exact) mass is 232 g/mol. The van der Waals surface area contributed by atoms with E-state index in [0.717, 1.165) is 5.39 Å². The van der Waals surface area contributed by atoms with Crippen LogP contribution in [-0.4, -0.2) is 20.2 Å². The van der Waals surface area contributed by atoms with Crippen molar-refractivity contribution in [2.45, 2.75) is 0 Å². The molecule has 17 heavy (non-hydrogen) atoms. The maximum atomic E-state index is 13.0. The van der Waals surface area contributed by atoms with Gasteiger partial charge in [0.1, 0.15) is 5.82 Å². The highest BCUT2D eigenvalue weighted by Gasteiger charge is 2.13. The fourth-order valence-corrected chi connectivity index (χ4v) is 1.96. The van der Waals surface area contributed by atoms with Crippen molar-refractivity contribution in [2.24, 2.45) is 0 Å². The van der Waals surface area contributed by atoms with Crippen molar-refractivity contribution >= 4 is 10.9 Å². The zero-order chi connectivity index (χ0) is 12.0. The molecule has 4 nitrogen and oxygen atoms in total. The zero-order valence-electron chi connectivity index (χ0n) is 8.66. The molecule has 4 N–H and O–H groups in total. The number of aromatic nitrogens is 2. The van der Waals surface area contributed by atoms with Crippen LogP contribution < -0.4 is 0 Å². The second kappa shape index (κ2) is 3.28.